The Bertz CT molecular complexity index is 160. The lowest BCUT2D eigenvalue weighted by molar-refractivity contribution is 0.114. The lowest BCUT2D eigenvalue weighted by atomic mass is 9.82. The molecular weight excluding hydrogens is 138 g/mol. The van der Waals surface area contributed by atoms with E-state index in [4.69, 9.17) is 0 Å². The van der Waals surface area contributed by atoms with Crippen LogP contribution in [0.5, 0.6) is 0 Å². The summed E-state index contributed by atoms with van der Waals surface area (Å²) in [6.45, 7) is 2.73. The fourth-order valence-electron chi connectivity index (χ4n) is 2.94. The molecule has 1 N–H and O–H groups in total. The van der Waals surface area contributed by atoms with Crippen molar-refractivity contribution in [2.24, 2.45) is 11.3 Å². The van der Waals surface area contributed by atoms with Crippen molar-refractivity contribution in [3.8, 4) is 0 Å². The Balaban J connectivity index is 2.15. The highest BCUT2D eigenvalue weighted by atomic mass is 16.3. The third kappa shape index (κ3) is 1.00. The van der Waals surface area contributed by atoms with Crippen LogP contribution >= 0.6 is 0 Å². The van der Waals surface area contributed by atoms with Gasteiger partial charge >= 0.3 is 0 Å². The molecular formula is C9H17NO. The van der Waals surface area contributed by atoms with Crippen LogP contribution in [0.4, 0.5) is 0 Å². The molecule has 0 aromatic rings. The average Bonchev–Trinajstić information content (AvgIpc) is 2.43. The minimum atomic E-state index is 0.300. The molecule has 2 rings (SSSR count). The van der Waals surface area contributed by atoms with Crippen LogP contribution in [0.2, 0.25) is 0 Å². The van der Waals surface area contributed by atoms with E-state index in [1.54, 1.807) is 0 Å². The highest BCUT2D eigenvalue weighted by Crippen LogP contribution is 2.47. The molecule has 1 aliphatic heterocycles. The van der Waals surface area contributed by atoms with Gasteiger partial charge in [0.25, 0.3) is 0 Å². The predicted octanol–water partition coefficient (Wildman–Crippen LogP) is 0.711. The van der Waals surface area contributed by atoms with Crippen molar-refractivity contribution in [1.82, 2.24) is 4.90 Å². The minimum absolute atomic E-state index is 0.300. The first-order chi connectivity index (χ1) is 5.27. The van der Waals surface area contributed by atoms with Crippen molar-refractivity contribution >= 4 is 0 Å². The maximum Gasteiger partial charge on any atom is 0.0502 e. The summed E-state index contributed by atoms with van der Waals surface area (Å²) in [6.07, 6.45) is 3.92. The fraction of sp³-hybridized carbons (Fsp3) is 1.00. The zero-order valence-electron chi connectivity index (χ0n) is 7.21. The summed E-state index contributed by atoms with van der Waals surface area (Å²) in [4.78, 5) is 2.36. The molecule has 64 valence electrons. The molecule has 1 saturated heterocycles. The number of hydrogen-bond donors (Lipinski definition) is 1. The van der Waals surface area contributed by atoms with Gasteiger partial charge < -0.3 is 10.0 Å². The second kappa shape index (κ2) is 2.46. The van der Waals surface area contributed by atoms with Gasteiger partial charge in [-0.2, -0.15) is 0 Å². The van der Waals surface area contributed by atoms with Gasteiger partial charge in [-0.3, -0.25) is 0 Å². The van der Waals surface area contributed by atoms with Crippen molar-refractivity contribution in [3.63, 3.8) is 0 Å². The molecule has 2 unspecified atom stereocenters. The van der Waals surface area contributed by atoms with Gasteiger partial charge in [0.1, 0.15) is 0 Å². The van der Waals surface area contributed by atoms with Crippen molar-refractivity contribution < 1.29 is 5.11 Å². The van der Waals surface area contributed by atoms with Gasteiger partial charge in [-0.15, -0.1) is 0 Å². The highest BCUT2D eigenvalue weighted by molar-refractivity contribution is 4.99. The van der Waals surface area contributed by atoms with E-state index in [9.17, 15) is 5.11 Å². The van der Waals surface area contributed by atoms with Crippen molar-refractivity contribution in [2.75, 3.05) is 26.7 Å². The third-order valence-electron chi connectivity index (χ3n) is 3.53. The first-order valence-corrected chi connectivity index (χ1v) is 4.56. The average molecular weight is 155 g/mol. The number of aliphatic hydroxyl groups is 1. The first kappa shape index (κ1) is 7.56. The van der Waals surface area contributed by atoms with Gasteiger partial charge in [0.2, 0.25) is 0 Å². The molecule has 2 aliphatic rings. The van der Waals surface area contributed by atoms with Crippen molar-refractivity contribution in [1.29, 1.82) is 0 Å². The second-order valence-electron chi connectivity index (χ2n) is 4.31. The molecule has 1 aliphatic carbocycles. The number of nitrogens with zero attached hydrogens (tertiary/aromatic N) is 1. The normalized spacial score (nSPS) is 44.7. The topological polar surface area (TPSA) is 23.5 Å². The monoisotopic (exact) mass is 155 g/mol. The van der Waals surface area contributed by atoms with E-state index in [1.165, 1.54) is 25.8 Å². The second-order valence-corrected chi connectivity index (χ2v) is 4.31. The number of likely N-dealkylation sites (tertiary alicyclic amines) is 1. The summed E-state index contributed by atoms with van der Waals surface area (Å²) in [5, 5.41) is 9.32. The Morgan fingerprint density at radius 1 is 1.64 bits per heavy atom. The Labute approximate surface area is 68.2 Å². The van der Waals surface area contributed by atoms with Crippen LogP contribution in [0.15, 0.2) is 0 Å². The summed E-state index contributed by atoms with van der Waals surface area (Å²) in [6, 6.07) is 0. The largest absolute Gasteiger partial charge is 0.396 e. The molecule has 0 amide bonds. The van der Waals surface area contributed by atoms with Crippen LogP contribution in [0, 0.1) is 11.3 Å². The smallest absolute Gasteiger partial charge is 0.0502 e. The maximum absolute atomic E-state index is 9.32. The Morgan fingerprint density at radius 3 is 3.09 bits per heavy atom. The predicted molar refractivity (Wildman–Crippen MR) is 44.4 cm³/mol. The number of aliphatic hydroxyl groups excluding tert-OH is 1. The van der Waals surface area contributed by atoms with E-state index < -0.39 is 0 Å². The third-order valence-corrected chi connectivity index (χ3v) is 3.53. The zero-order valence-corrected chi connectivity index (χ0v) is 7.21. The molecule has 0 aromatic heterocycles. The van der Waals surface area contributed by atoms with Crippen LogP contribution in [0.3, 0.4) is 0 Å². The van der Waals surface area contributed by atoms with Crippen molar-refractivity contribution in [3.05, 3.63) is 0 Å². The van der Waals surface area contributed by atoms with Gasteiger partial charge in [-0.05, 0) is 25.8 Å². The minimum Gasteiger partial charge on any atom is -0.396 e. The molecule has 2 nitrogen and oxygen atoms in total. The number of hydrogen-bond acceptors (Lipinski definition) is 2. The lowest BCUT2D eigenvalue weighted by Crippen LogP contribution is -2.29. The van der Waals surface area contributed by atoms with Crippen LogP contribution in [0.25, 0.3) is 0 Å². The van der Waals surface area contributed by atoms with Gasteiger partial charge in [0.05, 0.1) is 6.61 Å². The molecule has 1 saturated carbocycles. The Morgan fingerprint density at radius 2 is 2.45 bits per heavy atom. The molecule has 2 heteroatoms. The summed E-state index contributed by atoms with van der Waals surface area (Å²) in [5.74, 6) is 0.789. The fourth-order valence-corrected chi connectivity index (χ4v) is 2.94. The number of rotatable bonds is 1. The Kier molecular flexibility index (Phi) is 1.69. The molecule has 0 radical (unpaired) electrons. The molecule has 2 atom stereocenters. The quantitative estimate of drug-likeness (QED) is 0.603. The van der Waals surface area contributed by atoms with E-state index in [2.05, 4.69) is 11.9 Å². The van der Waals surface area contributed by atoms with Crippen molar-refractivity contribution in [2.45, 2.75) is 19.3 Å². The van der Waals surface area contributed by atoms with E-state index in [1.807, 2.05) is 0 Å². The SMILES string of the molecule is CN1CC2CCCC2(CO)C1. The summed E-state index contributed by atoms with van der Waals surface area (Å²) < 4.78 is 0. The van der Waals surface area contributed by atoms with Gasteiger partial charge in [-0.1, -0.05) is 6.42 Å². The van der Waals surface area contributed by atoms with Crippen LogP contribution < -0.4 is 0 Å². The van der Waals surface area contributed by atoms with E-state index >= 15 is 0 Å². The van der Waals surface area contributed by atoms with E-state index in [0.717, 1.165) is 12.5 Å². The van der Waals surface area contributed by atoms with Gasteiger partial charge in [-0.25, -0.2) is 0 Å². The van der Waals surface area contributed by atoms with E-state index in [0.29, 0.717) is 12.0 Å². The standard InChI is InChI=1S/C9H17NO/c1-10-5-8-3-2-4-9(8,6-10)7-11/h8,11H,2-7H2,1H3. The molecule has 0 spiro atoms. The van der Waals surface area contributed by atoms with E-state index in [-0.39, 0.29) is 0 Å². The van der Waals surface area contributed by atoms with Gasteiger partial charge in [0, 0.05) is 18.5 Å². The maximum atomic E-state index is 9.32. The van der Waals surface area contributed by atoms with Gasteiger partial charge in [0.15, 0.2) is 0 Å². The number of fused-ring (bicyclic) bond motifs is 1. The summed E-state index contributed by atoms with van der Waals surface area (Å²) in [5.41, 5.74) is 0.300. The first-order valence-electron chi connectivity index (χ1n) is 4.56. The van der Waals surface area contributed by atoms with Crippen LogP contribution in [-0.4, -0.2) is 36.8 Å². The van der Waals surface area contributed by atoms with Crippen LogP contribution in [-0.2, 0) is 0 Å². The zero-order chi connectivity index (χ0) is 7.90. The molecule has 1 heterocycles. The van der Waals surface area contributed by atoms with Crippen LogP contribution in [0.1, 0.15) is 19.3 Å². The summed E-state index contributed by atoms with van der Waals surface area (Å²) in [7, 11) is 2.16. The lowest BCUT2D eigenvalue weighted by Gasteiger charge is -2.25. The highest BCUT2D eigenvalue weighted by Gasteiger charge is 2.47. The molecule has 11 heavy (non-hydrogen) atoms. The summed E-state index contributed by atoms with van der Waals surface area (Å²) >= 11 is 0. The molecule has 2 fully saturated rings. The Hall–Kier alpha value is -0.0800. The molecule has 0 bridgehead atoms. The molecule has 0 aromatic carbocycles.